The number of piperidine rings is 1. The Bertz CT molecular complexity index is 1290. The molecule has 166 valence electrons. The number of H-pyrrole nitrogens is 1. The molecule has 5 nitrogen and oxygen atoms in total. The van der Waals surface area contributed by atoms with Crippen LogP contribution in [-0.4, -0.2) is 29.0 Å². The zero-order chi connectivity index (χ0) is 21.5. The zero-order valence-corrected chi connectivity index (χ0v) is 18.8. The Hall–Kier alpha value is -3.57. The number of esters is 1. The first-order chi connectivity index (χ1) is 15.7. The van der Waals surface area contributed by atoms with Gasteiger partial charge in [0.15, 0.2) is 0 Å². The van der Waals surface area contributed by atoms with E-state index < -0.39 is 5.60 Å². The van der Waals surface area contributed by atoms with Crippen molar-refractivity contribution < 1.29 is 9.53 Å². The second-order valence-electron chi connectivity index (χ2n) is 8.47. The first-order valence-corrected chi connectivity index (χ1v) is 11.0. The second kappa shape index (κ2) is 8.41. The highest BCUT2D eigenvalue weighted by Crippen LogP contribution is 2.44. The lowest BCUT2D eigenvalue weighted by Crippen LogP contribution is -2.43. The lowest BCUT2D eigenvalue weighted by atomic mass is 9.84. The van der Waals surface area contributed by atoms with Crippen molar-refractivity contribution in [1.82, 2.24) is 9.97 Å². The molecule has 0 amide bonds. The van der Waals surface area contributed by atoms with E-state index in [4.69, 9.17) is 9.72 Å². The number of benzene rings is 3. The Kier molecular flexibility index (Phi) is 5.43. The molecule has 33 heavy (non-hydrogen) atoms. The van der Waals surface area contributed by atoms with Crippen molar-refractivity contribution in [3.8, 4) is 22.4 Å². The molecular formula is C27H24ClN3O2. The van der Waals surface area contributed by atoms with E-state index in [1.807, 2.05) is 36.5 Å². The summed E-state index contributed by atoms with van der Waals surface area (Å²) in [6.45, 7) is 1.55. The Labute approximate surface area is 198 Å². The Morgan fingerprint density at radius 2 is 1.55 bits per heavy atom. The Balaban J connectivity index is 0.00000228. The van der Waals surface area contributed by atoms with Gasteiger partial charge < -0.3 is 14.6 Å². The molecule has 2 aliphatic rings. The van der Waals surface area contributed by atoms with Gasteiger partial charge in [-0.1, -0.05) is 66.7 Å². The molecule has 4 aromatic rings. The molecule has 0 bridgehead atoms. The highest BCUT2D eigenvalue weighted by atomic mass is 35.5. The van der Waals surface area contributed by atoms with Crippen molar-refractivity contribution in [3.05, 3.63) is 96.2 Å². The third-order valence-electron chi connectivity index (χ3n) is 6.63. The molecule has 2 aliphatic heterocycles. The number of nitrogens with one attached hydrogen (secondary N) is 1. The lowest BCUT2D eigenvalue weighted by molar-refractivity contribution is -0.0211. The third-order valence-corrected chi connectivity index (χ3v) is 6.63. The van der Waals surface area contributed by atoms with E-state index in [0.717, 1.165) is 48.7 Å². The maximum absolute atomic E-state index is 12.3. The topological polar surface area (TPSA) is 58.2 Å². The van der Waals surface area contributed by atoms with Crippen LogP contribution in [0.4, 0.5) is 5.95 Å². The van der Waals surface area contributed by atoms with Crippen LogP contribution in [0, 0.1) is 0 Å². The van der Waals surface area contributed by atoms with Crippen molar-refractivity contribution in [2.45, 2.75) is 18.4 Å². The minimum Gasteiger partial charge on any atom is -0.450 e. The highest BCUT2D eigenvalue weighted by molar-refractivity contribution is 5.94. The van der Waals surface area contributed by atoms with Gasteiger partial charge in [-0.25, -0.2) is 9.78 Å². The van der Waals surface area contributed by atoms with Gasteiger partial charge in [-0.2, -0.15) is 0 Å². The van der Waals surface area contributed by atoms with Crippen molar-refractivity contribution in [2.75, 3.05) is 18.0 Å². The number of carbonyl (C=O) groups is 1. The molecule has 0 atom stereocenters. The number of nitrogens with zero attached hydrogens (tertiary/aromatic N) is 2. The normalized spacial score (nSPS) is 16.2. The molecule has 0 saturated carbocycles. The van der Waals surface area contributed by atoms with Crippen LogP contribution in [0.2, 0.25) is 0 Å². The standard InChI is InChI=1S/C27H23N3O2.ClH/c31-25-22-11-4-5-12-23(22)27(32-25)13-15-30(16-14-27)26-28-18-24(29-26)21-10-6-9-20(17-21)19-7-2-1-3-8-19;/h1-12,17-18H,13-16H2,(H,28,29);1H. The smallest absolute Gasteiger partial charge is 0.339 e. The molecule has 0 unspecified atom stereocenters. The maximum Gasteiger partial charge on any atom is 0.339 e. The average Bonchev–Trinajstić information content (AvgIpc) is 3.45. The summed E-state index contributed by atoms with van der Waals surface area (Å²) in [5.41, 5.74) is 5.62. The van der Waals surface area contributed by atoms with Gasteiger partial charge in [-0.15, -0.1) is 12.4 Å². The van der Waals surface area contributed by atoms with Crippen LogP contribution in [-0.2, 0) is 10.3 Å². The first kappa shape index (κ1) is 21.3. The maximum atomic E-state index is 12.3. The van der Waals surface area contributed by atoms with Crippen LogP contribution in [0.1, 0.15) is 28.8 Å². The number of carbonyl (C=O) groups excluding carboxylic acids is 1. The van der Waals surface area contributed by atoms with Crippen molar-refractivity contribution in [3.63, 3.8) is 0 Å². The third kappa shape index (κ3) is 3.68. The number of halogens is 1. The molecular weight excluding hydrogens is 434 g/mol. The van der Waals surface area contributed by atoms with E-state index in [1.54, 1.807) is 0 Å². The minimum atomic E-state index is -0.496. The lowest BCUT2D eigenvalue weighted by Gasteiger charge is -2.38. The van der Waals surface area contributed by atoms with Gasteiger partial charge in [0.2, 0.25) is 5.95 Å². The molecule has 6 rings (SSSR count). The molecule has 1 aromatic heterocycles. The molecule has 3 heterocycles. The monoisotopic (exact) mass is 457 g/mol. The fraction of sp³-hybridized carbons (Fsp3) is 0.185. The van der Waals surface area contributed by atoms with Crippen LogP contribution in [0.3, 0.4) is 0 Å². The second-order valence-corrected chi connectivity index (χ2v) is 8.47. The fourth-order valence-corrected chi connectivity index (χ4v) is 4.91. The van der Waals surface area contributed by atoms with Crippen molar-refractivity contribution in [2.24, 2.45) is 0 Å². The number of hydrogen-bond donors (Lipinski definition) is 1. The van der Waals surface area contributed by atoms with Crippen LogP contribution in [0.15, 0.2) is 85.1 Å². The predicted molar refractivity (Wildman–Crippen MR) is 132 cm³/mol. The van der Waals surface area contributed by atoms with Gasteiger partial charge in [0.05, 0.1) is 11.3 Å². The van der Waals surface area contributed by atoms with E-state index in [9.17, 15) is 4.79 Å². The molecule has 6 heteroatoms. The van der Waals surface area contributed by atoms with Gasteiger partial charge in [-0.3, -0.25) is 0 Å². The molecule has 1 N–H and O–H groups in total. The number of fused-ring (bicyclic) bond motifs is 2. The van der Waals surface area contributed by atoms with Crippen molar-refractivity contribution in [1.29, 1.82) is 0 Å². The van der Waals surface area contributed by atoms with E-state index in [0.29, 0.717) is 5.56 Å². The molecule has 1 saturated heterocycles. The van der Waals surface area contributed by atoms with Crippen LogP contribution < -0.4 is 4.90 Å². The summed E-state index contributed by atoms with van der Waals surface area (Å²) in [5, 5.41) is 0. The molecule has 1 spiro atoms. The summed E-state index contributed by atoms with van der Waals surface area (Å²) in [5.74, 6) is 0.658. The average molecular weight is 458 g/mol. The fourth-order valence-electron chi connectivity index (χ4n) is 4.91. The summed E-state index contributed by atoms with van der Waals surface area (Å²) in [6, 6.07) is 26.6. The van der Waals surface area contributed by atoms with Gasteiger partial charge >= 0.3 is 5.97 Å². The summed E-state index contributed by atoms with van der Waals surface area (Å²) in [7, 11) is 0. The van der Waals surface area contributed by atoms with E-state index in [-0.39, 0.29) is 18.4 Å². The van der Waals surface area contributed by atoms with Gasteiger partial charge in [-0.05, 0) is 23.3 Å². The highest BCUT2D eigenvalue weighted by Gasteiger charge is 2.47. The quantitative estimate of drug-likeness (QED) is 0.393. The number of anilines is 1. The Morgan fingerprint density at radius 3 is 2.36 bits per heavy atom. The Morgan fingerprint density at radius 1 is 0.848 bits per heavy atom. The molecule has 3 aromatic carbocycles. The summed E-state index contributed by atoms with van der Waals surface area (Å²) in [4.78, 5) is 22.8. The minimum absolute atomic E-state index is 0. The van der Waals surface area contributed by atoms with Gasteiger partial charge in [0.1, 0.15) is 5.60 Å². The van der Waals surface area contributed by atoms with Crippen LogP contribution in [0.25, 0.3) is 22.4 Å². The van der Waals surface area contributed by atoms with Gasteiger partial charge in [0, 0.05) is 43.3 Å². The van der Waals surface area contributed by atoms with E-state index in [2.05, 4.69) is 58.4 Å². The number of ether oxygens (including phenoxy) is 1. The van der Waals surface area contributed by atoms with Crippen LogP contribution in [0.5, 0.6) is 0 Å². The number of rotatable bonds is 3. The van der Waals surface area contributed by atoms with Crippen LogP contribution >= 0.6 is 12.4 Å². The number of aromatic amines is 1. The number of imidazole rings is 1. The first-order valence-electron chi connectivity index (χ1n) is 11.0. The predicted octanol–water partition coefficient (Wildman–Crippen LogP) is 5.83. The van der Waals surface area contributed by atoms with Crippen molar-refractivity contribution >= 4 is 24.3 Å². The molecule has 1 fully saturated rings. The zero-order valence-electron chi connectivity index (χ0n) is 18.0. The SMILES string of the molecule is Cl.O=C1OC2(CCN(c3nc(-c4cccc(-c5ccccc5)c4)c[nH]3)CC2)c2ccccc21. The van der Waals surface area contributed by atoms with E-state index >= 15 is 0 Å². The summed E-state index contributed by atoms with van der Waals surface area (Å²) in [6.07, 6.45) is 3.49. The molecule has 0 radical (unpaired) electrons. The number of aromatic nitrogens is 2. The van der Waals surface area contributed by atoms with E-state index in [1.165, 1.54) is 11.1 Å². The largest absolute Gasteiger partial charge is 0.450 e. The number of hydrogen-bond acceptors (Lipinski definition) is 4. The summed E-state index contributed by atoms with van der Waals surface area (Å²) >= 11 is 0. The molecule has 0 aliphatic carbocycles. The summed E-state index contributed by atoms with van der Waals surface area (Å²) < 4.78 is 5.88. The van der Waals surface area contributed by atoms with Gasteiger partial charge in [0.25, 0.3) is 0 Å².